The number of hydrogen-bond donors (Lipinski definition) is 4. The molecule has 7 atom stereocenters. The highest BCUT2D eigenvalue weighted by Crippen LogP contribution is 2.69. The first-order valence-electron chi connectivity index (χ1n) is 14.9. The average Bonchev–Trinajstić information content (AvgIpc) is 3.22. The molecule has 4 rings (SSSR count). The van der Waals surface area contributed by atoms with Gasteiger partial charge in [-0.1, -0.05) is 44.7 Å². The Morgan fingerprint density at radius 3 is 2.36 bits per heavy atom. The van der Waals surface area contributed by atoms with Crippen molar-refractivity contribution in [3.8, 4) is 0 Å². The number of fused-ring (bicyclic) bond motifs is 5. The van der Waals surface area contributed by atoms with Gasteiger partial charge in [-0.15, -0.1) is 6.58 Å². The standard InChI is InChI=1S/C30H40F7NO5S/c1-3-27-15-14-18-16-20(38-44(41,42)43)10-11-21(18)25(27)19(17-26(2)22(27)12-13-23(26)39)8-6-4-5-7-9-24(40)28(31,32)29(33,34)30(35,36)37/h3,10-11,16,19,22-25,38-40H,1,4-9,12-15,17H2,2H3,(H,41,42,43)/t19-,22?,23-,24?,25?,26-,27?/m0/s1. The molecule has 6 nitrogen and oxygen atoms in total. The lowest BCUT2D eigenvalue weighted by Crippen LogP contribution is -2.57. The van der Waals surface area contributed by atoms with Gasteiger partial charge in [0.2, 0.25) is 0 Å². The van der Waals surface area contributed by atoms with E-state index in [1.165, 1.54) is 0 Å². The second-order valence-electron chi connectivity index (χ2n) is 13.1. The van der Waals surface area contributed by atoms with E-state index in [0.29, 0.717) is 38.5 Å². The maximum atomic E-state index is 13.7. The SMILES string of the molecule is C=CC12CCc3cc(NS(=O)(=O)O)ccc3C1[C@@H](CCCCCCC(O)C(F)(F)C(F)(F)C(F)(F)F)C[C@@]1(C)C2CC[C@@H]1O. The van der Waals surface area contributed by atoms with Gasteiger partial charge in [-0.2, -0.15) is 39.2 Å². The van der Waals surface area contributed by atoms with Crippen molar-refractivity contribution >= 4 is 16.0 Å². The molecule has 0 saturated heterocycles. The Hall–Kier alpha value is -1.90. The largest absolute Gasteiger partial charge is 0.459 e. The summed E-state index contributed by atoms with van der Waals surface area (Å²) in [4.78, 5) is 0. The molecule has 250 valence electrons. The highest BCUT2D eigenvalue weighted by molar-refractivity contribution is 7.87. The van der Waals surface area contributed by atoms with Crippen LogP contribution in [0.2, 0.25) is 0 Å². The van der Waals surface area contributed by atoms with Gasteiger partial charge in [-0.3, -0.25) is 9.27 Å². The Bertz CT molecular complexity index is 1320. The lowest BCUT2D eigenvalue weighted by atomic mass is 9.44. The molecule has 0 spiro atoms. The number of unbranched alkanes of at least 4 members (excludes halogenated alkanes) is 3. The average molecular weight is 660 g/mol. The third kappa shape index (κ3) is 6.12. The van der Waals surface area contributed by atoms with Gasteiger partial charge in [0, 0.05) is 0 Å². The zero-order chi connectivity index (χ0) is 32.9. The maximum Gasteiger partial charge on any atom is 0.459 e. The highest BCUT2D eigenvalue weighted by Gasteiger charge is 2.75. The van der Waals surface area contributed by atoms with Gasteiger partial charge >= 0.3 is 28.3 Å². The molecule has 44 heavy (non-hydrogen) atoms. The Balaban J connectivity index is 1.48. The number of nitrogens with one attached hydrogen (secondary N) is 1. The smallest absolute Gasteiger partial charge is 0.393 e. The van der Waals surface area contributed by atoms with Gasteiger partial charge in [0.15, 0.2) is 0 Å². The topological polar surface area (TPSA) is 107 Å². The lowest BCUT2D eigenvalue weighted by Gasteiger charge is -2.60. The van der Waals surface area contributed by atoms with Gasteiger partial charge in [-0.05, 0) is 96.8 Å². The van der Waals surface area contributed by atoms with Crippen LogP contribution in [0.1, 0.15) is 88.2 Å². The first kappa shape index (κ1) is 35.0. The number of allylic oxidation sites excluding steroid dienone is 1. The molecule has 0 amide bonds. The predicted molar refractivity (Wildman–Crippen MR) is 150 cm³/mol. The minimum atomic E-state index is -6.49. The number of halogens is 7. The molecule has 0 aromatic heterocycles. The Labute approximate surface area is 253 Å². The maximum absolute atomic E-state index is 13.7. The Kier molecular flexibility index (Phi) is 9.56. The second-order valence-corrected chi connectivity index (χ2v) is 14.3. The van der Waals surface area contributed by atoms with Crippen molar-refractivity contribution in [2.24, 2.45) is 22.7 Å². The fraction of sp³-hybridized carbons (Fsp3) is 0.733. The van der Waals surface area contributed by atoms with Crippen molar-refractivity contribution in [2.45, 2.75) is 114 Å². The summed E-state index contributed by atoms with van der Waals surface area (Å²) in [5.74, 6) is -11.8. The minimum absolute atomic E-state index is 0.0166. The van der Waals surface area contributed by atoms with Crippen LogP contribution in [0, 0.1) is 22.7 Å². The van der Waals surface area contributed by atoms with Crippen LogP contribution in [0.15, 0.2) is 30.9 Å². The van der Waals surface area contributed by atoms with Crippen molar-refractivity contribution in [1.82, 2.24) is 0 Å². The number of hydrogen-bond acceptors (Lipinski definition) is 4. The molecule has 0 heterocycles. The van der Waals surface area contributed by atoms with Crippen molar-refractivity contribution in [2.75, 3.05) is 4.72 Å². The summed E-state index contributed by atoms with van der Waals surface area (Å²) >= 11 is 0. The third-order valence-corrected chi connectivity index (χ3v) is 11.1. The van der Waals surface area contributed by atoms with Crippen LogP contribution in [0.25, 0.3) is 0 Å². The van der Waals surface area contributed by atoms with E-state index in [1.54, 1.807) is 12.1 Å². The summed E-state index contributed by atoms with van der Waals surface area (Å²) < 4.78 is 125. The molecule has 3 aliphatic carbocycles. The number of aliphatic hydroxyl groups is 2. The van der Waals surface area contributed by atoms with Crippen LogP contribution in [0.3, 0.4) is 0 Å². The summed E-state index contributed by atoms with van der Waals surface area (Å²) in [5, 5.41) is 20.6. The summed E-state index contributed by atoms with van der Waals surface area (Å²) in [7, 11) is -4.47. The first-order valence-corrected chi connectivity index (χ1v) is 16.4. The van der Waals surface area contributed by atoms with Gasteiger partial charge in [0.1, 0.15) is 6.10 Å². The third-order valence-electron chi connectivity index (χ3n) is 10.6. The molecule has 4 unspecified atom stereocenters. The van der Waals surface area contributed by atoms with E-state index in [4.69, 9.17) is 0 Å². The second kappa shape index (κ2) is 12.0. The fourth-order valence-electron chi connectivity index (χ4n) is 8.60. The highest BCUT2D eigenvalue weighted by atomic mass is 32.2. The van der Waals surface area contributed by atoms with Gasteiger partial charge in [-0.25, -0.2) is 0 Å². The van der Waals surface area contributed by atoms with Gasteiger partial charge in [0.25, 0.3) is 0 Å². The molecule has 2 saturated carbocycles. The van der Waals surface area contributed by atoms with E-state index in [9.17, 15) is 53.9 Å². The molecule has 0 aliphatic heterocycles. The predicted octanol–water partition coefficient (Wildman–Crippen LogP) is 7.44. The lowest BCUT2D eigenvalue weighted by molar-refractivity contribution is -0.371. The number of aryl methyl sites for hydroxylation is 1. The first-order chi connectivity index (χ1) is 20.2. The van der Waals surface area contributed by atoms with E-state index >= 15 is 0 Å². The van der Waals surface area contributed by atoms with Crippen molar-refractivity contribution < 1.29 is 53.9 Å². The summed E-state index contributed by atoms with van der Waals surface area (Å²) in [6.07, 6.45) is -3.75. The molecule has 0 radical (unpaired) electrons. The molecular formula is C30H40F7NO5S. The Morgan fingerprint density at radius 1 is 1.09 bits per heavy atom. The molecule has 1 aromatic carbocycles. The van der Waals surface area contributed by atoms with E-state index < -0.39 is 47.0 Å². The zero-order valence-corrected chi connectivity index (χ0v) is 25.2. The monoisotopic (exact) mass is 659 g/mol. The minimum Gasteiger partial charge on any atom is -0.393 e. The number of benzene rings is 1. The van der Waals surface area contributed by atoms with Crippen molar-refractivity contribution in [1.29, 1.82) is 0 Å². The fourth-order valence-corrected chi connectivity index (χ4v) is 9.02. The van der Waals surface area contributed by atoms with Crippen molar-refractivity contribution in [3.05, 3.63) is 42.0 Å². The summed E-state index contributed by atoms with van der Waals surface area (Å²) in [5.41, 5.74) is 1.46. The van der Waals surface area contributed by atoms with Crippen molar-refractivity contribution in [3.63, 3.8) is 0 Å². The van der Waals surface area contributed by atoms with Gasteiger partial charge in [0.05, 0.1) is 11.8 Å². The number of anilines is 1. The molecule has 2 fully saturated rings. The number of aliphatic hydroxyl groups excluding tert-OH is 2. The van der Waals surface area contributed by atoms with Crippen LogP contribution in [-0.4, -0.2) is 53.4 Å². The molecule has 0 bridgehead atoms. The van der Waals surface area contributed by atoms with Crippen LogP contribution < -0.4 is 4.72 Å². The zero-order valence-electron chi connectivity index (χ0n) is 24.4. The number of rotatable bonds is 12. The van der Waals surface area contributed by atoms with Crippen LogP contribution in [0.4, 0.5) is 36.4 Å². The molecule has 14 heteroatoms. The van der Waals surface area contributed by atoms with Crippen LogP contribution >= 0.6 is 0 Å². The molecule has 3 aliphatic rings. The van der Waals surface area contributed by atoms with E-state index in [1.807, 2.05) is 12.1 Å². The normalized spacial score (nSPS) is 31.5. The van der Waals surface area contributed by atoms with Crippen LogP contribution in [-0.2, 0) is 16.7 Å². The van der Waals surface area contributed by atoms with E-state index in [2.05, 4.69) is 18.2 Å². The number of alkyl halides is 7. The van der Waals surface area contributed by atoms with Gasteiger partial charge < -0.3 is 10.2 Å². The van der Waals surface area contributed by atoms with Crippen LogP contribution in [0.5, 0.6) is 0 Å². The quantitative estimate of drug-likeness (QED) is 0.0808. The molecular weight excluding hydrogens is 619 g/mol. The molecule has 1 aromatic rings. The summed E-state index contributed by atoms with van der Waals surface area (Å²) in [6.45, 7) is 6.32. The van der Waals surface area contributed by atoms with E-state index in [0.717, 1.165) is 24.0 Å². The summed E-state index contributed by atoms with van der Waals surface area (Å²) in [6, 6.07) is 5.14. The molecule has 4 N–H and O–H groups in total. The van der Waals surface area contributed by atoms with E-state index in [-0.39, 0.29) is 47.1 Å². The Morgan fingerprint density at radius 2 is 1.75 bits per heavy atom.